The zero-order valence-corrected chi connectivity index (χ0v) is 16.2. The molecule has 1 aliphatic rings. The van der Waals surface area contributed by atoms with Gasteiger partial charge in [0.05, 0.1) is 36.2 Å². The molecule has 1 aliphatic heterocycles. The molecular formula is C23H18N4O3. The van der Waals surface area contributed by atoms with Crippen molar-refractivity contribution in [3.05, 3.63) is 90.1 Å². The number of hydrazone groups is 1. The van der Waals surface area contributed by atoms with Crippen LogP contribution in [0.5, 0.6) is 5.75 Å². The quantitative estimate of drug-likeness (QED) is 0.514. The molecule has 1 atom stereocenters. The minimum atomic E-state index is -0.290. The molecule has 30 heavy (non-hydrogen) atoms. The van der Waals surface area contributed by atoms with E-state index in [0.717, 1.165) is 33.6 Å². The van der Waals surface area contributed by atoms with E-state index in [-0.39, 0.29) is 17.7 Å². The summed E-state index contributed by atoms with van der Waals surface area (Å²) >= 11 is 0. The average molecular weight is 398 g/mol. The maximum atomic E-state index is 13.1. The highest BCUT2D eigenvalue weighted by Gasteiger charge is 2.35. The van der Waals surface area contributed by atoms with Crippen LogP contribution in [-0.2, 0) is 0 Å². The van der Waals surface area contributed by atoms with Crippen molar-refractivity contribution in [1.82, 2.24) is 15.0 Å². The molecule has 148 valence electrons. The molecule has 5 rings (SSSR count). The van der Waals surface area contributed by atoms with Crippen LogP contribution in [0, 0.1) is 0 Å². The summed E-state index contributed by atoms with van der Waals surface area (Å²) in [6, 6.07) is 16.6. The van der Waals surface area contributed by atoms with Crippen molar-refractivity contribution in [1.29, 1.82) is 0 Å². The van der Waals surface area contributed by atoms with Crippen LogP contribution in [0.3, 0.4) is 0 Å². The molecule has 3 heterocycles. The molecule has 0 saturated heterocycles. The largest absolute Gasteiger partial charge is 0.497 e. The Bertz CT molecular complexity index is 1250. The first-order valence-corrected chi connectivity index (χ1v) is 9.52. The van der Waals surface area contributed by atoms with Gasteiger partial charge in [-0.25, -0.2) is 5.01 Å². The zero-order chi connectivity index (χ0) is 20.5. The van der Waals surface area contributed by atoms with E-state index in [2.05, 4.69) is 15.1 Å². The van der Waals surface area contributed by atoms with Gasteiger partial charge >= 0.3 is 5.91 Å². The van der Waals surface area contributed by atoms with Gasteiger partial charge in [-0.15, -0.1) is 0 Å². The van der Waals surface area contributed by atoms with Gasteiger partial charge in [0.15, 0.2) is 5.76 Å². The Hall–Kier alpha value is -4.00. The van der Waals surface area contributed by atoms with Crippen molar-refractivity contribution >= 4 is 22.7 Å². The third-order valence-electron chi connectivity index (χ3n) is 5.13. The number of nitrogens with zero attached hydrogens (tertiary/aromatic N) is 4. The minimum absolute atomic E-state index is 0.247. The average Bonchev–Trinajstić information content (AvgIpc) is 3.49. The Balaban J connectivity index is 1.56. The van der Waals surface area contributed by atoms with Crippen LogP contribution in [-0.4, -0.2) is 33.7 Å². The highest BCUT2D eigenvalue weighted by atomic mass is 16.5. The van der Waals surface area contributed by atoms with Crippen molar-refractivity contribution in [3.63, 3.8) is 0 Å². The molecule has 0 saturated carbocycles. The summed E-state index contributed by atoms with van der Waals surface area (Å²) in [5, 5.41) is 6.17. The Morgan fingerprint density at radius 2 is 1.93 bits per heavy atom. The van der Waals surface area contributed by atoms with Gasteiger partial charge in [0.2, 0.25) is 0 Å². The first-order chi connectivity index (χ1) is 14.7. The van der Waals surface area contributed by atoms with Crippen molar-refractivity contribution in [3.8, 4) is 5.75 Å². The van der Waals surface area contributed by atoms with Gasteiger partial charge in [0.1, 0.15) is 5.75 Å². The number of hydrogen-bond acceptors (Lipinski definition) is 6. The summed E-state index contributed by atoms with van der Waals surface area (Å²) in [6.07, 6.45) is 5.36. The van der Waals surface area contributed by atoms with E-state index in [4.69, 9.17) is 9.15 Å². The fourth-order valence-corrected chi connectivity index (χ4v) is 3.64. The molecule has 0 N–H and O–H groups in total. The smallest absolute Gasteiger partial charge is 0.310 e. The molecule has 1 unspecified atom stereocenters. The monoisotopic (exact) mass is 398 g/mol. The van der Waals surface area contributed by atoms with Crippen molar-refractivity contribution in [2.24, 2.45) is 5.10 Å². The summed E-state index contributed by atoms with van der Waals surface area (Å²) in [4.78, 5) is 21.8. The maximum Gasteiger partial charge on any atom is 0.310 e. The number of methoxy groups -OCH3 is 1. The SMILES string of the molecule is COc1cccc(C2=NN(C(=O)c3ccco3)C(c3ccc4nccnc4c3)C2)c1. The fraction of sp³-hybridized carbons (Fsp3) is 0.130. The Kier molecular flexibility index (Phi) is 4.48. The van der Waals surface area contributed by atoms with E-state index < -0.39 is 0 Å². The van der Waals surface area contributed by atoms with Crippen LogP contribution in [0.15, 0.2) is 82.8 Å². The van der Waals surface area contributed by atoms with Crippen molar-refractivity contribution in [2.75, 3.05) is 7.11 Å². The second-order valence-corrected chi connectivity index (χ2v) is 6.93. The van der Waals surface area contributed by atoms with Crippen LogP contribution in [0.1, 0.15) is 34.1 Å². The molecule has 2 aromatic heterocycles. The van der Waals surface area contributed by atoms with Crippen LogP contribution in [0.4, 0.5) is 0 Å². The molecule has 7 heteroatoms. The van der Waals surface area contributed by atoms with Gasteiger partial charge in [0.25, 0.3) is 0 Å². The number of ether oxygens (including phenoxy) is 1. The summed E-state index contributed by atoms with van der Waals surface area (Å²) in [5.74, 6) is 0.696. The lowest BCUT2D eigenvalue weighted by atomic mass is 9.97. The highest BCUT2D eigenvalue weighted by Crippen LogP contribution is 2.35. The molecule has 1 amide bonds. The van der Waals surface area contributed by atoms with E-state index in [1.165, 1.54) is 11.3 Å². The number of aromatic nitrogens is 2. The number of fused-ring (bicyclic) bond motifs is 1. The predicted octanol–water partition coefficient (Wildman–Crippen LogP) is 4.22. The first kappa shape index (κ1) is 18.1. The summed E-state index contributed by atoms with van der Waals surface area (Å²) < 4.78 is 10.7. The lowest BCUT2D eigenvalue weighted by Crippen LogP contribution is -2.26. The predicted molar refractivity (Wildman–Crippen MR) is 111 cm³/mol. The number of furan rings is 1. The molecular weight excluding hydrogens is 380 g/mol. The lowest BCUT2D eigenvalue weighted by Gasteiger charge is -2.21. The molecule has 0 spiro atoms. The van der Waals surface area contributed by atoms with Gasteiger partial charge in [-0.05, 0) is 42.0 Å². The molecule has 2 aromatic carbocycles. The number of amides is 1. The normalized spacial score (nSPS) is 16.0. The van der Waals surface area contributed by atoms with Crippen LogP contribution < -0.4 is 4.74 Å². The highest BCUT2D eigenvalue weighted by molar-refractivity contribution is 6.04. The van der Waals surface area contributed by atoms with E-state index in [1.807, 2.05) is 42.5 Å². The van der Waals surface area contributed by atoms with Crippen LogP contribution in [0.25, 0.3) is 11.0 Å². The number of rotatable bonds is 4. The first-order valence-electron chi connectivity index (χ1n) is 9.52. The number of hydrogen-bond donors (Lipinski definition) is 0. The molecule has 0 bridgehead atoms. The Labute approximate surface area is 172 Å². The van der Waals surface area contributed by atoms with Gasteiger partial charge in [-0.3, -0.25) is 14.8 Å². The second kappa shape index (κ2) is 7.44. The standard InChI is InChI=1S/C23H18N4O3/c1-29-17-5-2-4-15(12-17)19-14-21(27(26-19)23(28)22-6-3-11-30-22)16-7-8-18-20(13-16)25-10-9-24-18/h2-13,21H,14H2,1H3. The van der Waals surface area contributed by atoms with Crippen molar-refractivity contribution < 1.29 is 13.9 Å². The molecule has 0 fully saturated rings. The van der Waals surface area contributed by atoms with Crippen LogP contribution >= 0.6 is 0 Å². The van der Waals surface area contributed by atoms with E-state index in [9.17, 15) is 4.79 Å². The number of carbonyl (C=O) groups is 1. The summed E-state index contributed by atoms with van der Waals surface area (Å²) in [5.41, 5.74) is 4.23. The number of benzene rings is 2. The number of carbonyl (C=O) groups excluding carboxylic acids is 1. The van der Waals surface area contributed by atoms with E-state index >= 15 is 0 Å². The summed E-state index contributed by atoms with van der Waals surface area (Å²) in [7, 11) is 1.63. The molecule has 0 radical (unpaired) electrons. The topological polar surface area (TPSA) is 80.8 Å². The third kappa shape index (κ3) is 3.20. The molecule has 0 aliphatic carbocycles. The molecule has 7 nitrogen and oxygen atoms in total. The minimum Gasteiger partial charge on any atom is -0.497 e. The van der Waals surface area contributed by atoms with Crippen LogP contribution in [0.2, 0.25) is 0 Å². The van der Waals surface area contributed by atoms with Gasteiger partial charge in [-0.2, -0.15) is 5.10 Å². The van der Waals surface area contributed by atoms with Gasteiger partial charge in [-0.1, -0.05) is 18.2 Å². The van der Waals surface area contributed by atoms with E-state index in [0.29, 0.717) is 6.42 Å². The third-order valence-corrected chi connectivity index (χ3v) is 5.13. The van der Waals surface area contributed by atoms with E-state index in [1.54, 1.807) is 31.6 Å². The fourth-order valence-electron chi connectivity index (χ4n) is 3.64. The zero-order valence-electron chi connectivity index (χ0n) is 16.2. The molecule has 4 aromatic rings. The lowest BCUT2D eigenvalue weighted by molar-refractivity contribution is 0.0678. The Morgan fingerprint density at radius 3 is 2.73 bits per heavy atom. The van der Waals surface area contributed by atoms with Crippen molar-refractivity contribution in [2.45, 2.75) is 12.5 Å². The summed E-state index contributed by atoms with van der Waals surface area (Å²) in [6.45, 7) is 0. The van der Waals surface area contributed by atoms with Gasteiger partial charge < -0.3 is 9.15 Å². The second-order valence-electron chi connectivity index (χ2n) is 6.93. The maximum absolute atomic E-state index is 13.1. The Morgan fingerprint density at radius 1 is 1.07 bits per heavy atom. The van der Waals surface area contributed by atoms with Gasteiger partial charge in [0, 0.05) is 24.4 Å².